The Morgan fingerprint density at radius 3 is 2.75 bits per heavy atom. The third-order valence-electron chi connectivity index (χ3n) is 1.57. The van der Waals surface area contributed by atoms with E-state index in [4.69, 9.17) is 9.79 Å². The van der Waals surface area contributed by atoms with Gasteiger partial charge in [0.2, 0.25) is 0 Å². The fraction of sp³-hybridized carbons (Fsp3) is 0.714. The molecule has 0 bridgehead atoms. The third-order valence-corrected chi connectivity index (χ3v) is 3.21. The molecular formula is C7H11O3PS. The number of hydrogen-bond donors (Lipinski definition) is 2. The van der Waals surface area contributed by atoms with Crippen LogP contribution in [0.25, 0.3) is 0 Å². The van der Waals surface area contributed by atoms with E-state index in [0.29, 0.717) is 0 Å². The molecule has 1 aliphatic rings. The monoisotopic (exact) mass is 206 g/mol. The van der Waals surface area contributed by atoms with Gasteiger partial charge in [0.15, 0.2) is 0 Å². The molecule has 1 atom stereocenters. The Balaban J connectivity index is 2.47. The average molecular weight is 206 g/mol. The molecular weight excluding hydrogens is 195 g/mol. The van der Waals surface area contributed by atoms with Gasteiger partial charge in [-0.3, -0.25) is 0 Å². The molecule has 0 amide bonds. The van der Waals surface area contributed by atoms with Crippen molar-refractivity contribution in [2.24, 2.45) is 5.92 Å². The van der Waals surface area contributed by atoms with Gasteiger partial charge in [-0.1, -0.05) is 5.92 Å². The van der Waals surface area contributed by atoms with Gasteiger partial charge in [0.05, 0.1) is 0 Å². The molecule has 0 aromatic carbocycles. The van der Waals surface area contributed by atoms with Crippen LogP contribution in [0.4, 0.5) is 0 Å². The SMILES string of the molecule is O=P(O)(O)C#CC1CCCSC1. The Bertz CT molecular complexity index is 243. The van der Waals surface area contributed by atoms with Crippen LogP contribution in [-0.2, 0) is 4.57 Å². The van der Waals surface area contributed by atoms with Gasteiger partial charge in [-0.25, -0.2) is 4.57 Å². The molecule has 1 aliphatic heterocycles. The normalized spacial score (nSPS) is 24.3. The van der Waals surface area contributed by atoms with Crippen molar-refractivity contribution in [2.45, 2.75) is 12.8 Å². The molecule has 0 aromatic heterocycles. The number of thioether (sulfide) groups is 1. The average Bonchev–Trinajstić information content (AvgIpc) is 2.02. The smallest absolute Gasteiger partial charge is 0.315 e. The third kappa shape index (κ3) is 4.18. The summed E-state index contributed by atoms with van der Waals surface area (Å²) in [6.07, 6.45) is 2.07. The Hall–Kier alpha value is 0.0600. The lowest BCUT2D eigenvalue weighted by Crippen LogP contribution is -2.07. The zero-order valence-corrected chi connectivity index (χ0v) is 8.27. The zero-order chi connectivity index (χ0) is 9.03. The first kappa shape index (κ1) is 10.1. The first-order chi connectivity index (χ1) is 5.58. The minimum Gasteiger partial charge on any atom is -0.315 e. The molecule has 68 valence electrons. The van der Waals surface area contributed by atoms with Crippen molar-refractivity contribution < 1.29 is 14.4 Å². The van der Waals surface area contributed by atoms with Crippen LogP contribution in [0.15, 0.2) is 0 Å². The lowest BCUT2D eigenvalue weighted by atomic mass is 10.1. The molecule has 2 N–H and O–H groups in total. The summed E-state index contributed by atoms with van der Waals surface area (Å²) in [5.41, 5.74) is 1.99. The summed E-state index contributed by atoms with van der Waals surface area (Å²) >= 11 is 1.80. The summed E-state index contributed by atoms with van der Waals surface area (Å²) in [7, 11) is -4.10. The molecule has 5 heteroatoms. The minimum atomic E-state index is -4.10. The van der Waals surface area contributed by atoms with E-state index in [0.717, 1.165) is 24.3 Å². The Kier molecular flexibility index (Phi) is 3.67. The summed E-state index contributed by atoms with van der Waals surface area (Å²) in [4.78, 5) is 17.0. The van der Waals surface area contributed by atoms with Crippen LogP contribution in [0.5, 0.6) is 0 Å². The van der Waals surface area contributed by atoms with Crippen LogP contribution < -0.4 is 0 Å². The van der Waals surface area contributed by atoms with E-state index < -0.39 is 7.60 Å². The van der Waals surface area contributed by atoms with Gasteiger partial charge in [0.1, 0.15) is 0 Å². The molecule has 1 heterocycles. The molecule has 0 aromatic rings. The van der Waals surface area contributed by atoms with Gasteiger partial charge in [0.25, 0.3) is 0 Å². The molecule has 1 saturated heterocycles. The fourth-order valence-corrected chi connectivity index (χ4v) is 2.45. The van der Waals surface area contributed by atoms with Crippen LogP contribution in [0.2, 0.25) is 0 Å². The predicted octanol–water partition coefficient (Wildman–Crippen LogP) is 1.27. The molecule has 0 aliphatic carbocycles. The molecule has 3 nitrogen and oxygen atoms in total. The van der Waals surface area contributed by atoms with E-state index in [2.05, 4.69) is 5.92 Å². The van der Waals surface area contributed by atoms with Gasteiger partial charge in [-0.05, 0) is 18.6 Å². The van der Waals surface area contributed by atoms with Crippen molar-refractivity contribution in [3.8, 4) is 11.6 Å². The quantitative estimate of drug-likeness (QED) is 0.463. The number of rotatable bonds is 0. The van der Waals surface area contributed by atoms with Gasteiger partial charge in [0, 0.05) is 17.3 Å². The van der Waals surface area contributed by atoms with Gasteiger partial charge in [-0.15, -0.1) is 0 Å². The first-order valence-corrected chi connectivity index (χ1v) is 6.51. The molecule has 1 unspecified atom stereocenters. The van der Waals surface area contributed by atoms with E-state index in [1.807, 2.05) is 5.66 Å². The predicted molar refractivity (Wildman–Crippen MR) is 49.9 cm³/mol. The molecule has 1 rings (SSSR count). The molecule has 0 radical (unpaired) electrons. The van der Waals surface area contributed by atoms with Crippen LogP contribution in [0, 0.1) is 17.5 Å². The van der Waals surface area contributed by atoms with Crippen LogP contribution >= 0.6 is 19.4 Å². The highest BCUT2D eigenvalue weighted by Crippen LogP contribution is 2.33. The van der Waals surface area contributed by atoms with E-state index in [1.54, 1.807) is 11.8 Å². The zero-order valence-electron chi connectivity index (χ0n) is 6.56. The van der Waals surface area contributed by atoms with Crippen molar-refractivity contribution in [3.05, 3.63) is 0 Å². The summed E-state index contributed by atoms with van der Waals surface area (Å²) in [6, 6.07) is 0. The van der Waals surface area contributed by atoms with Crippen molar-refractivity contribution in [2.75, 3.05) is 11.5 Å². The highest BCUT2D eigenvalue weighted by Gasteiger charge is 2.12. The van der Waals surface area contributed by atoms with Crippen molar-refractivity contribution in [1.82, 2.24) is 0 Å². The standard InChI is InChI=1S/C7H11O3PS/c8-11(9,10)4-3-7-2-1-5-12-6-7/h7H,1-2,5-6H2,(H2,8,9,10). The van der Waals surface area contributed by atoms with Gasteiger partial charge < -0.3 is 9.79 Å². The van der Waals surface area contributed by atoms with E-state index in [-0.39, 0.29) is 5.92 Å². The second-order valence-corrected chi connectivity index (χ2v) is 5.18. The van der Waals surface area contributed by atoms with Gasteiger partial charge in [-0.2, -0.15) is 11.8 Å². The first-order valence-electron chi connectivity index (χ1n) is 3.74. The maximum Gasteiger partial charge on any atom is 0.400 e. The maximum absolute atomic E-state index is 10.4. The van der Waals surface area contributed by atoms with Crippen LogP contribution in [-0.4, -0.2) is 21.3 Å². The maximum atomic E-state index is 10.4. The Labute approximate surface area is 76.1 Å². The lowest BCUT2D eigenvalue weighted by molar-refractivity contribution is 0.388. The molecule has 12 heavy (non-hydrogen) atoms. The van der Waals surface area contributed by atoms with Crippen LogP contribution in [0.3, 0.4) is 0 Å². The van der Waals surface area contributed by atoms with E-state index in [1.165, 1.54) is 0 Å². The molecule has 0 saturated carbocycles. The largest absolute Gasteiger partial charge is 0.400 e. The highest BCUT2D eigenvalue weighted by atomic mass is 32.2. The lowest BCUT2D eigenvalue weighted by Gasteiger charge is -2.15. The van der Waals surface area contributed by atoms with Gasteiger partial charge >= 0.3 is 7.60 Å². The Morgan fingerprint density at radius 2 is 2.25 bits per heavy atom. The number of hydrogen-bond acceptors (Lipinski definition) is 2. The summed E-state index contributed by atoms with van der Waals surface area (Å²) in [6.45, 7) is 0. The van der Waals surface area contributed by atoms with Crippen molar-refractivity contribution >= 4 is 19.4 Å². The van der Waals surface area contributed by atoms with E-state index in [9.17, 15) is 4.57 Å². The summed E-state index contributed by atoms with van der Waals surface area (Å²) in [5, 5.41) is 0. The molecule has 0 spiro atoms. The second kappa shape index (κ2) is 4.34. The molecule has 1 fully saturated rings. The van der Waals surface area contributed by atoms with Crippen molar-refractivity contribution in [3.63, 3.8) is 0 Å². The van der Waals surface area contributed by atoms with E-state index >= 15 is 0 Å². The summed E-state index contributed by atoms with van der Waals surface area (Å²) < 4.78 is 10.4. The fourth-order valence-electron chi connectivity index (χ4n) is 1.03. The minimum absolute atomic E-state index is 0.177. The van der Waals surface area contributed by atoms with Crippen molar-refractivity contribution in [1.29, 1.82) is 0 Å². The Morgan fingerprint density at radius 1 is 1.50 bits per heavy atom. The van der Waals surface area contributed by atoms with Crippen LogP contribution in [0.1, 0.15) is 12.8 Å². The summed E-state index contributed by atoms with van der Waals surface area (Å²) in [5.74, 6) is 4.86. The highest BCUT2D eigenvalue weighted by molar-refractivity contribution is 7.99. The topological polar surface area (TPSA) is 57.5 Å². The second-order valence-electron chi connectivity index (χ2n) is 2.71.